The Labute approximate surface area is 116 Å². The molecular formula is C13H15N7. The summed E-state index contributed by atoms with van der Waals surface area (Å²) in [7, 11) is 3.78. The number of aromatic amines is 1. The molecule has 0 aliphatic rings. The van der Waals surface area contributed by atoms with Crippen LogP contribution in [0, 0.1) is 0 Å². The zero-order chi connectivity index (χ0) is 13.9. The van der Waals surface area contributed by atoms with Gasteiger partial charge in [0.15, 0.2) is 11.5 Å². The molecule has 0 aliphatic carbocycles. The number of hydrogen-bond acceptors (Lipinski definition) is 6. The van der Waals surface area contributed by atoms with Crippen LogP contribution >= 0.6 is 0 Å². The average Bonchev–Trinajstić information content (AvgIpc) is 2.95. The van der Waals surface area contributed by atoms with E-state index in [2.05, 4.69) is 35.1 Å². The Balaban J connectivity index is 1.98. The zero-order valence-electron chi connectivity index (χ0n) is 11.3. The summed E-state index contributed by atoms with van der Waals surface area (Å²) >= 11 is 0. The molecule has 0 radical (unpaired) electrons. The van der Waals surface area contributed by atoms with Gasteiger partial charge in [0.1, 0.15) is 5.52 Å². The summed E-state index contributed by atoms with van der Waals surface area (Å²) in [6.07, 6.45) is 5.20. The van der Waals surface area contributed by atoms with Gasteiger partial charge in [0.25, 0.3) is 0 Å². The van der Waals surface area contributed by atoms with Crippen molar-refractivity contribution in [3.63, 3.8) is 0 Å². The highest BCUT2D eigenvalue weighted by molar-refractivity contribution is 5.84. The molecule has 0 bridgehead atoms. The molecule has 3 heterocycles. The first-order chi connectivity index (χ1) is 9.78. The van der Waals surface area contributed by atoms with E-state index in [0.29, 0.717) is 11.6 Å². The molecule has 0 amide bonds. The van der Waals surface area contributed by atoms with E-state index in [-0.39, 0.29) is 0 Å². The van der Waals surface area contributed by atoms with Crippen LogP contribution in [0.5, 0.6) is 0 Å². The normalized spacial score (nSPS) is 10.7. The van der Waals surface area contributed by atoms with Crippen LogP contribution in [0.3, 0.4) is 0 Å². The third-order valence-electron chi connectivity index (χ3n) is 3.02. The molecule has 7 nitrogen and oxygen atoms in total. The highest BCUT2D eigenvalue weighted by atomic mass is 15.2. The van der Waals surface area contributed by atoms with Crippen molar-refractivity contribution in [1.29, 1.82) is 0 Å². The molecular weight excluding hydrogens is 254 g/mol. The number of anilines is 2. The second-order valence-electron chi connectivity index (χ2n) is 4.43. The predicted octanol–water partition coefficient (Wildman–Crippen LogP) is 1.43. The quantitative estimate of drug-likeness (QED) is 0.745. The maximum absolute atomic E-state index is 4.50. The van der Waals surface area contributed by atoms with Crippen molar-refractivity contribution < 1.29 is 0 Å². The zero-order valence-corrected chi connectivity index (χ0v) is 11.3. The van der Waals surface area contributed by atoms with Crippen molar-refractivity contribution in [2.24, 2.45) is 0 Å². The molecule has 2 N–H and O–H groups in total. The fraction of sp³-hybridized carbons (Fsp3) is 0.231. The molecule has 0 fully saturated rings. The van der Waals surface area contributed by atoms with Crippen LogP contribution in [-0.2, 0) is 6.54 Å². The van der Waals surface area contributed by atoms with Crippen LogP contribution in [0.4, 0.5) is 11.8 Å². The minimum absolute atomic E-state index is 0.557. The van der Waals surface area contributed by atoms with Gasteiger partial charge in [-0.05, 0) is 17.7 Å². The molecule has 0 unspecified atom stereocenters. The fourth-order valence-corrected chi connectivity index (χ4v) is 2.04. The number of rotatable bonds is 4. The maximum Gasteiger partial charge on any atom is 0.226 e. The van der Waals surface area contributed by atoms with Crippen LogP contribution < -0.4 is 10.2 Å². The third kappa shape index (κ3) is 2.25. The Morgan fingerprint density at radius 1 is 1.25 bits per heavy atom. The van der Waals surface area contributed by atoms with Gasteiger partial charge in [0.2, 0.25) is 5.95 Å². The van der Waals surface area contributed by atoms with E-state index in [4.69, 9.17) is 0 Å². The van der Waals surface area contributed by atoms with Crippen molar-refractivity contribution in [3.8, 4) is 0 Å². The van der Waals surface area contributed by atoms with E-state index in [1.54, 1.807) is 25.8 Å². The number of fused-ring (bicyclic) bond motifs is 1. The van der Waals surface area contributed by atoms with Crippen LogP contribution in [-0.4, -0.2) is 39.0 Å². The molecule has 3 aromatic rings. The predicted molar refractivity (Wildman–Crippen MR) is 77.6 cm³/mol. The maximum atomic E-state index is 4.50. The smallest absolute Gasteiger partial charge is 0.226 e. The molecule has 20 heavy (non-hydrogen) atoms. The molecule has 0 saturated heterocycles. The van der Waals surface area contributed by atoms with E-state index in [9.17, 15) is 0 Å². The van der Waals surface area contributed by atoms with Crippen molar-refractivity contribution in [2.45, 2.75) is 6.54 Å². The highest BCUT2D eigenvalue weighted by Crippen LogP contribution is 2.22. The Morgan fingerprint density at radius 3 is 2.80 bits per heavy atom. The minimum Gasteiger partial charge on any atom is -0.357 e. The van der Waals surface area contributed by atoms with Gasteiger partial charge >= 0.3 is 0 Å². The van der Waals surface area contributed by atoms with Crippen molar-refractivity contribution >= 4 is 22.9 Å². The molecule has 0 atom stereocenters. The van der Waals surface area contributed by atoms with Crippen LogP contribution in [0.15, 0.2) is 30.9 Å². The van der Waals surface area contributed by atoms with E-state index >= 15 is 0 Å². The topological polar surface area (TPSA) is 82.6 Å². The number of hydrogen-bond donors (Lipinski definition) is 2. The average molecular weight is 269 g/mol. The van der Waals surface area contributed by atoms with E-state index in [0.717, 1.165) is 17.9 Å². The van der Waals surface area contributed by atoms with Crippen molar-refractivity contribution in [3.05, 3.63) is 36.4 Å². The highest BCUT2D eigenvalue weighted by Gasteiger charge is 2.13. The van der Waals surface area contributed by atoms with E-state index in [1.165, 1.54) is 5.56 Å². The van der Waals surface area contributed by atoms with Gasteiger partial charge in [0, 0.05) is 33.0 Å². The number of aromatic nitrogens is 5. The first kappa shape index (κ1) is 12.3. The monoisotopic (exact) mass is 269 g/mol. The molecule has 3 rings (SSSR count). The molecule has 0 saturated carbocycles. The summed E-state index contributed by atoms with van der Waals surface area (Å²) < 4.78 is 0. The largest absolute Gasteiger partial charge is 0.357 e. The van der Waals surface area contributed by atoms with Gasteiger partial charge in [-0.3, -0.25) is 4.98 Å². The fourth-order valence-electron chi connectivity index (χ4n) is 2.04. The Hall–Kier alpha value is -2.70. The minimum atomic E-state index is 0.557. The lowest BCUT2D eigenvalue weighted by Gasteiger charge is -2.19. The molecule has 0 spiro atoms. The van der Waals surface area contributed by atoms with Gasteiger partial charge in [-0.1, -0.05) is 0 Å². The lowest BCUT2D eigenvalue weighted by atomic mass is 10.2. The number of nitrogens with one attached hydrogen (secondary N) is 2. The van der Waals surface area contributed by atoms with Gasteiger partial charge in [-0.15, -0.1) is 0 Å². The van der Waals surface area contributed by atoms with Crippen molar-refractivity contribution in [1.82, 2.24) is 24.9 Å². The number of nitrogens with zero attached hydrogens (tertiary/aromatic N) is 5. The number of imidazole rings is 1. The van der Waals surface area contributed by atoms with Crippen LogP contribution in [0.1, 0.15) is 5.56 Å². The van der Waals surface area contributed by atoms with Gasteiger partial charge in [0.05, 0.1) is 6.33 Å². The molecule has 0 aromatic carbocycles. The van der Waals surface area contributed by atoms with E-state index < -0.39 is 0 Å². The summed E-state index contributed by atoms with van der Waals surface area (Å²) in [5.74, 6) is 1.37. The SMILES string of the molecule is CNc1nc(N(C)Cc2ccncc2)c2[nH]cnc2n1. The summed E-state index contributed by atoms with van der Waals surface area (Å²) in [4.78, 5) is 22.2. The van der Waals surface area contributed by atoms with Crippen LogP contribution in [0.25, 0.3) is 11.2 Å². The first-order valence-corrected chi connectivity index (χ1v) is 6.27. The second-order valence-corrected chi connectivity index (χ2v) is 4.43. The van der Waals surface area contributed by atoms with Gasteiger partial charge < -0.3 is 15.2 Å². The number of H-pyrrole nitrogens is 1. The Kier molecular flexibility index (Phi) is 3.16. The van der Waals surface area contributed by atoms with Gasteiger partial charge in [-0.2, -0.15) is 9.97 Å². The Bertz CT molecular complexity index is 707. The molecule has 3 aromatic heterocycles. The van der Waals surface area contributed by atoms with Gasteiger partial charge in [-0.25, -0.2) is 4.98 Å². The summed E-state index contributed by atoms with van der Waals surface area (Å²) in [6.45, 7) is 0.733. The lowest BCUT2D eigenvalue weighted by Crippen LogP contribution is -2.19. The Morgan fingerprint density at radius 2 is 2.05 bits per heavy atom. The molecule has 102 valence electrons. The van der Waals surface area contributed by atoms with Crippen molar-refractivity contribution in [2.75, 3.05) is 24.3 Å². The second kappa shape index (κ2) is 5.12. The van der Waals surface area contributed by atoms with E-state index in [1.807, 2.05) is 19.2 Å². The lowest BCUT2D eigenvalue weighted by molar-refractivity contribution is 0.896. The summed E-state index contributed by atoms with van der Waals surface area (Å²) in [5, 5.41) is 2.96. The first-order valence-electron chi connectivity index (χ1n) is 6.27. The van der Waals surface area contributed by atoms with Crippen LogP contribution in [0.2, 0.25) is 0 Å². The standard InChI is InChI=1S/C13H15N7/c1-14-13-18-11-10(16-8-17-11)12(19-13)20(2)7-9-3-5-15-6-4-9/h3-6,8H,7H2,1-2H3,(H2,14,16,17,18,19). The third-order valence-corrected chi connectivity index (χ3v) is 3.02. The molecule has 7 heteroatoms. The summed E-state index contributed by atoms with van der Waals surface area (Å²) in [5.41, 5.74) is 2.65. The number of pyridine rings is 1. The summed E-state index contributed by atoms with van der Waals surface area (Å²) in [6, 6.07) is 3.97. The molecule has 0 aliphatic heterocycles.